The van der Waals surface area contributed by atoms with E-state index in [1.165, 1.54) is 16.7 Å². The average Bonchev–Trinajstić information content (AvgIpc) is 3.84. The first kappa shape index (κ1) is 68.7. The van der Waals surface area contributed by atoms with Gasteiger partial charge in [0, 0.05) is 13.1 Å². The van der Waals surface area contributed by atoms with Crippen LogP contribution in [0.4, 0.5) is 0 Å². The molecule has 0 aromatic heterocycles. The maximum Gasteiger partial charge on any atom is 0.326 e. The highest BCUT2D eigenvalue weighted by Crippen LogP contribution is 2.22. The number of carbonyl (C=O) groups is 11. The number of carboxylic acids is 2. The third-order valence-corrected chi connectivity index (χ3v) is 13.1. The lowest BCUT2D eigenvalue weighted by molar-refractivity contribution is -0.143. The van der Waals surface area contributed by atoms with Gasteiger partial charge in [-0.05, 0) is 87.0 Å². The summed E-state index contributed by atoms with van der Waals surface area (Å²) in [6.45, 7) is 12.8. The Labute approximate surface area is 455 Å². The van der Waals surface area contributed by atoms with Crippen molar-refractivity contribution in [1.82, 2.24) is 47.4 Å². The summed E-state index contributed by atoms with van der Waals surface area (Å²) in [6.07, 6.45) is 2.68. The second-order valence-corrected chi connectivity index (χ2v) is 21.5. The number of nitrogens with one attached hydrogen (secondary N) is 8. The zero-order valence-electron chi connectivity index (χ0n) is 46.0. The second kappa shape index (κ2) is 35.2. The number of amides is 9. The molecule has 0 saturated carbocycles. The molecule has 438 valence electrons. The molecule has 10 atom stereocenters. The van der Waals surface area contributed by atoms with E-state index in [-0.39, 0.29) is 81.7 Å². The van der Waals surface area contributed by atoms with Gasteiger partial charge in [-0.3, -0.25) is 52.9 Å². The van der Waals surface area contributed by atoms with Crippen LogP contribution in [0, 0.1) is 23.7 Å². The highest BCUT2D eigenvalue weighted by molar-refractivity contribution is 7.98. The fraction of sp³-hybridized carbons (Fsp3) is 0.755. The Kier molecular flexibility index (Phi) is 31.4. The van der Waals surface area contributed by atoms with Crippen LogP contribution in [0.2, 0.25) is 0 Å². The first-order valence-electron chi connectivity index (χ1n) is 26.1. The maximum atomic E-state index is 14.2. The Morgan fingerprint density at radius 1 is 0.662 bits per heavy atom. The molecular formula is C49H87N13O14S. The van der Waals surface area contributed by atoms with Gasteiger partial charge in [-0.2, -0.15) is 11.8 Å². The molecule has 0 radical (unpaired) electrons. The summed E-state index contributed by atoms with van der Waals surface area (Å²) in [7, 11) is 0. The van der Waals surface area contributed by atoms with Crippen molar-refractivity contribution in [3.8, 4) is 0 Å². The number of aliphatic hydroxyl groups excluding tert-OH is 1. The molecule has 1 heterocycles. The minimum absolute atomic E-state index is 0.0419. The van der Waals surface area contributed by atoms with Crippen LogP contribution < -0.4 is 59.7 Å². The van der Waals surface area contributed by atoms with Gasteiger partial charge in [-0.15, -0.1) is 0 Å². The predicted octanol–water partition coefficient (Wildman–Crippen LogP) is -2.64. The van der Waals surface area contributed by atoms with E-state index >= 15 is 0 Å². The molecule has 1 aliphatic rings. The van der Waals surface area contributed by atoms with Crippen LogP contribution in [0.15, 0.2) is 4.99 Å². The Morgan fingerprint density at radius 3 is 1.69 bits per heavy atom. The van der Waals surface area contributed by atoms with Crippen molar-refractivity contribution in [2.45, 2.75) is 174 Å². The van der Waals surface area contributed by atoms with E-state index < -0.39 is 145 Å². The van der Waals surface area contributed by atoms with Crippen LogP contribution in [0.25, 0.3) is 0 Å². The van der Waals surface area contributed by atoms with Crippen LogP contribution in [0.3, 0.4) is 0 Å². The summed E-state index contributed by atoms with van der Waals surface area (Å²) in [4.78, 5) is 151. The Bertz CT molecular complexity index is 2040. The molecule has 17 N–H and O–H groups in total. The van der Waals surface area contributed by atoms with E-state index in [2.05, 4.69) is 47.5 Å². The minimum Gasteiger partial charge on any atom is -0.481 e. The topological polar surface area (TPSA) is 438 Å². The number of carboxylic acid groups (broad SMARTS) is 2. The number of aliphatic imine (C=N–C) groups is 1. The molecule has 1 aliphatic heterocycles. The molecular weight excluding hydrogens is 1030 g/mol. The normalized spacial score (nSPS) is 16.8. The number of thioether (sulfide) groups is 1. The third kappa shape index (κ3) is 25.6. The number of nitrogens with zero attached hydrogens (tertiary/aromatic N) is 2. The largest absolute Gasteiger partial charge is 0.481 e. The summed E-state index contributed by atoms with van der Waals surface area (Å²) in [5.41, 5.74) is 16.6. The molecule has 9 amide bonds. The number of aliphatic hydroxyl groups is 1. The Balaban J connectivity index is 3.27. The van der Waals surface area contributed by atoms with Crippen molar-refractivity contribution in [1.29, 1.82) is 0 Å². The number of nitrogens with two attached hydrogens (primary N) is 3. The minimum atomic E-state index is -1.61. The van der Waals surface area contributed by atoms with Crippen molar-refractivity contribution >= 4 is 82.8 Å². The van der Waals surface area contributed by atoms with Crippen molar-refractivity contribution in [2.24, 2.45) is 45.9 Å². The predicted molar refractivity (Wildman–Crippen MR) is 287 cm³/mol. The molecule has 0 bridgehead atoms. The molecule has 0 aliphatic carbocycles. The highest BCUT2D eigenvalue weighted by Gasteiger charge is 2.41. The SMILES string of the molecule is CC[C@H](C)[C@H](NC(=O)[C@@H]1CCCN1C(=O)[C@H](CCSC)NC(=O)[C@H](CC(C)C)NC(=O)[C@@H](N)CC(=O)O)C(=O)NCC(=O)N[C@@H](CC(C)C)C(=O)N[C@@H](CCCN=C(N)N)C(=O)N[C@@H](CO)C(=O)N[C@@H](CC(C)C)C(=O)O. The molecule has 0 unspecified atom stereocenters. The fourth-order valence-corrected chi connectivity index (χ4v) is 8.66. The van der Waals surface area contributed by atoms with Gasteiger partial charge in [0.2, 0.25) is 53.2 Å². The van der Waals surface area contributed by atoms with Gasteiger partial charge in [-0.1, -0.05) is 61.8 Å². The lowest BCUT2D eigenvalue weighted by Gasteiger charge is -2.31. The van der Waals surface area contributed by atoms with Crippen LogP contribution in [0.5, 0.6) is 0 Å². The summed E-state index contributed by atoms with van der Waals surface area (Å²) >= 11 is 1.42. The zero-order chi connectivity index (χ0) is 58.7. The third-order valence-electron chi connectivity index (χ3n) is 12.4. The number of likely N-dealkylation sites (tertiary alicyclic amines) is 1. The van der Waals surface area contributed by atoms with Gasteiger partial charge in [0.15, 0.2) is 5.96 Å². The van der Waals surface area contributed by atoms with Gasteiger partial charge >= 0.3 is 11.9 Å². The zero-order valence-corrected chi connectivity index (χ0v) is 46.8. The Hall–Kier alpha value is -6.29. The number of aliphatic carboxylic acids is 2. The van der Waals surface area contributed by atoms with E-state index in [4.69, 9.17) is 22.3 Å². The smallest absolute Gasteiger partial charge is 0.326 e. The second-order valence-electron chi connectivity index (χ2n) is 20.5. The summed E-state index contributed by atoms with van der Waals surface area (Å²) < 4.78 is 0. The molecule has 0 aromatic carbocycles. The quantitative estimate of drug-likeness (QED) is 0.0173. The lowest BCUT2D eigenvalue weighted by atomic mass is 9.97. The monoisotopic (exact) mass is 1110 g/mol. The van der Waals surface area contributed by atoms with E-state index in [1.807, 2.05) is 20.1 Å². The molecule has 1 saturated heterocycles. The lowest BCUT2D eigenvalue weighted by Crippen LogP contribution is -2.60. The molecule has 1 rings (SSSR count). The number of hydrogen-bond acceptors (Lipinski definition) is 15. The molecule has 0 spiro atoms. The summed E-state index contributed by atoms with van der Waals surface area (Å²) in [5.74, 6) is -10.3. The average molecular weight is 1110 g/mol. The standard InChI is InChI=1S/C49H87N13O14S/c1-10-28(8)39(61-45(72)36-14-12-17-62(36)47(74)31(15-18-77-9)57-43(70)33(20-26(4)5)58-40(67)29(50)22-38(65)66)46(73)54-23-37(64)55-32(19-25(2)3)42(69)56-30(13-11-16-53-49(51)52)41(68)60-35(24-63)44(71)59-34(48(75)76)21-27(6)7/h25-36,39,63H,10-24,50H2,1-9H3,(H,54,73)(H,55,64)(H,56,69)(H,57,70)(H,58,67)(H,59,71)(H,60,68)(H,61,72)(H,65,66)(H,75,76)(H4,51,52,53)/t28-,29-,30-,31-,32-,33-,34-,35-,36-,39-/m0/s1. The first-order valence-corrected chi connectivity index (χ1v) is 27.5. The van der Waals surface area contributed by atoms with E-state index in [9.17, 15) is 63.0 Å². The highest BCUT2D eigenvalue weighted by atomic mass is 32.2. The van der Waals surface area contributed by atoms with Crippen LogP contribution >= 0.6 is 11.8 Å². The van der Waals surface area contributed by atoms with Crippen molar-refractivity contribution < 1.29 is 68.1 Å². The van der Waals surface area contributed by atoms with E-state index in [0.717, 1.165) is 0 Å². The molecule has 28 heteroatoms. The van der Waals surface area contributed by atoms with Crippen molar-refractivity contribution in [3.63, 3.8) is 0 Å². The number of guanidine groups is 1. The number of rotatable bonds is 36. The van der Waals surface area contributed by atoms with Gasteiger partial charge in [0.1, 0.15) is 48.3 Å². The van der Waals surface area contributed by atoms with Crippen molar-refractivity contribution in [2.75, 3.05) is 38.2 Å². The van der Waals surface area contributed by atoms with E-state index in [1.54, 1.807) is 41.5 Å². The van der Waals surface area contributed by atoms with E-state index in [0.29, 0.717) is 18.6 Å². The van der Waals surface area contributed by atoms with Gasteiger partial charge in [0.05, 0.1) is 25.6 Å². The fourth-order valence-electron chi connectivity index (χ4n) is 8.18. The van der Waals surface area contributed by atoms with Gasteiger partial charge < -0.3 is 80.0 Å². The molecule has 27 nitrogen and oxygen atoms in total. The van der Waals surface area contributed by atoms with Gasteiger partial charge in [-0.25, -0.2) is 4.79 Å². The van der Waals surface area contributed by atoms with Crippen molar-refractivity contribution in [3.05, 3.63) is 0 Å². The maximum absolute atomic E-state index is 14.2. The Morgan fingerprint density at radius 2 is 1.17 bits per heavy atom. The summed E-state index contributed by atoms with van der Waals surface area (Å²) in [5, 5.41) is 49.1. The molecule has 77 heavy (non-hydrogen) atoms. The van der Waals surface area contributed by atoms with Crippen LogP contribution in [0.1, 0.15) is 120 Å². The number of hydrogen-bond donors (Lipinski definition) is 14. The summed E-state index contributed by atoms with van der Waals surface area (Å²) in [6, 6.07) is -11.5. The van der Waals surface area contributed by atoms with Gasteiger partial charge in [0.25, 0.3) is 0 Å². The first-order chi connectivity index (χ1) is 36.1. The number of carbonyl (C=O) groups excluding carboxylic acids is 9. The van der Waals surface area contributed by atoms with Crippen LogP contribution in [-0.4, -0.2) is 184 Å². The molecule has 0 aromatic rings. The molecule has 1 fully saturated rings. The van der Waals surface area contributed by atoms with Crippen LogP contribution in [-0.2, 0) is 52.7 Å².